The first-order valence-corrected chi connectivity index (χ1v) is 10.0. The van der Waals surface area contributed by atoms with Crippen molar-refractivity contribution in [3.8, 4) is 11.5 Å². The Morgan fingerprint density at radius 1 is 1.12 bits per heavy atom. The van der Waals surface area contributed by atoms with Crippen molar-refractivity contribution in [3.63, 3.8) is 0 Å². The van der Waals surface area contributed by atoms with Gasteiger partial charge in [0, 0.05) is 17.0 Å². The molecule has 8 heteroatoms. The number of benzene rings is 1. The highest BCUT2D eigenvalue weighted by molar-refractivity contribution is 7.99. The Kier molecular flexibility index (Phi) is 5.12. The lowest BCUT2D eigenvalue weighted by molar-refractivity contribution is 0.508. The normalized spacial score (nSPS) is 12.3. The van der Waals surface area contributed by atoms with Crippen LogP contribution in [0.4, 0.5) is 0 Å². The van der Waals surface area contributed by atoms with E-state index in [0.717, 1.165) is 23.7 Å². The zero-order chi connectivity index (χ0) is 17.8. The van der Waals surface area contributed by atoms with Crippen molar-refractivity contribution in [2.24, 2.45) is 0 Å². The molecule has 0 aliphatic heterocycles. The number of nitrogens with zero attached hydrogens (tertiary/aromatic N) is 5. The Morgan fingerprint density at radius 3 is 2.81 bits per heavy atom. The van der Waals surface area contributed by atoms with Crippen molar-refractivity contribution >= 4 is 23.1 Å². The van der Waals surface area contributed by atoms with Gasteiger partial charge in [0.2, 0.25) is 11.8 Å². The average molecular weight is 384 g/mol. The second-order valence-electron chi connectivity index (χ2n) is 5.71. The van der Waals surface area contributed by atoms with Crippen molar-refractivity contribution in [1.29, 1.82) is 0 Å². The molecule has 0 N–H and O–H groups in total. The molecule has 0 saturated carbocycles. The third kappa shape index (κ3) is 3.86. The van der Waals surface area contributed by atoms with Crippen LogP contribution in [-0.2, 0) is 13.0 Å². The molecule has 0 aliphatic carbocycles. The van der Waals surface area contributed by atoms with Gasteiger partial charge in [0.15, 0.2) is 5.16 Å². The molecule has 4 rings (SSSR count). The molecule has 0 spiro atoms. The van der Waals surface area contributed by atoms with Gasteiger partial charge in [0.05, 0.1) is 5.25 Å². The summed E-state index contributed by atoms with van der Waals surface area (Å²) in [6.45, 7) is 2.88. The van der Waals surface area contributed by atoms with Crippen LogP contribution >= 0.6 is 23.1 Å². The summed E-state index contributed by atoms with van der Waals surface area (Å²) >= 11 is 3.34. The molecular weight excluding hydrogens is 366 g/mol. The predicted molar refractivity (Wildman–Crippen MR) is 102 cm³/mol. The van der Waals surface area contributed by atoms with Gasteiger partial charge in [0.1, 0.15) is 6.33 Å². The molecule has 132 valence electrons. The van der Waals surface area contributed by atoms with Crippen molar-refractivity contribution < 1.29 is 4.42 Å². The Balaban J connectivity index is 1.43. The fourth-order valence-corrected chi connectivity index (χ4v) is 4.06. The van der Waals surface area contributed by atoms with Crippen LogP contribution in [0.15, 0.2) is 63.7 Å². The molecule has 0 aliphatic rings. The highest BCUT2D eigenvalue weighted by Crippen LogP contribution is 2.34. The summed E-state index contributed by atoms with van der Waals surface area (Å²) in [4.78, 5) is 1.35. The van der Waals surface area contributed by atoms with Crippen LogP contribution in [0.3, 0.4) is 0 Å². The third-order valence-electron chi connectivity index (χ3n) is 3.85. The van der Waals surface area contributed by atoms with E-state index in [1.54, 1.807) is 29.4 Å². The quantitative estimate of drug-likeness (QED) is 0.438. The topological polar surface area (TPSA) is 69.6 Å². The van der Waals surface area contributed by atoms with Crippen LogP contribution in [-0.4, -0.2) is 25.0 Å². The SMILES string of the molecule is CC(Sc1nncn1CCc1cccs1)c1nnc(-c2ccccc2)o1. The Labute approximate surface area is 159 Å². The van der Waals surface area contributed by atoms with Gasteiger partial charge in [-0.05, 0) is 36.9 Å². The number of aryl methyl sites for hydroxylation is 2. The summed E-state index contributed by atoms with van der Waals surface area (Å²) in [6, 6.07) is 14.0. The maximum atomic E-state index is 5.84. The maximum absolute atomic E-state index is 5.84. The zero-order valence-corrected chi connectivity index (χ0v) is 15.8. The zero-order valence-electron chi connectivity index (χ0n) is 14.1. The number of hydrogen-bond acceptors (Lipinski definition) is 7. The first-order valence-electron chi connectivity index (χ1n) is 8.25. The van der Waals surface area contributed by atoms with Gasteiger partial charge in [-0.25, -0.2) is 0 Å². The number of aromatic nitrogens is 5. The molecule has 26 heavy (non-hydrogen) atoms. The number of hydrogen-bond donors (Lipinski definition) is 0. The molecule has 0 saturated heterocycles. The smallest absolute Gasteiger partial charge is 0.247 e. The van der Waals surface area contributed by atoms with Gasteiger partial charge in [-0.3, -0.25) is 0 Å². The average Bonchev–Trinajstić information content (AvgIpc) is 3.42. The van der Waals surface area contributed by atoms with Gasteiger partial charge in [-0.1, -0.05) is 36.0 Å². The largest absolute Gasteiger partial charge is 0.419 e. The van der Waals surface area contributed by atoms with E-state index in [1.807, 2.05) is 37.3 Å². The molecule has 0 radical (unpaired) electrons. The minimum atomic E-state index is -0.00958. The van der Waals surface area contributed by atoms with E-state index < -0.39 is 0 Å². The van der Waals surface area contributed by atoms with E-state index in [4.69, 9.17) is 4.42 Å². The summed E-state index contributed by atoms with van der Waals surface area (Å²) in [5.41, 5.74) is 0.919. The summed E-state index contributed by atoms with van der Waals surface area (Å²) in [5.74, 6) is 1.12. The van der Waals surface area contributed by atoms with Crippen molar-refractivity contribution in [2.45, 2.75) is 30.3 Å². The van der Waals surface area contributed by atoms with Crippen molar-refractivity contribution in [1.82, 2.24) is 25.0 Å². The van der Waals surface area contributed by atoms with Crippen LogP contribution in [0.25, 0.3) is 11.5 Å². The molecule has 1 unspecified atom stereocenters. The van der Waals surface area contributed by atoms with Gasteiger partial charge < -0.3 is 8.98 Å². The molecule has 1 aromatic carbocycles. The van der Waals surface area contributed by atoms with Crippen LogP contribution in [0, 0.1) is 0 Å². The molecule has 1 atom stereocenters. The second-order valence-corrected chi connectivity index (χ2v) is 8.05. The number of thiophene rings is 1. The van der Waals surface area contributed by atoms with E-state index in [1.165, 1.54) is 4.88 Å². The molecule has 0 bridgehead atoms. The lowest BCUT2D eigenvalue weighted by Gasteiger charge is -2.08. The van der Waals surface area contributed by atoms with E-state index in [-0.39, 0.29) is 5.25 Å². The molecule has 3 aromatic heterocycles. The molecule has 4 aromatic rings. The fourth-order valence-electron chi connectivity index (χ4n) is 2.48. The van der Waals surface area contributed by atoms with Crippen molar-refractivity contribution in [2.75, 3.05) is 0 Å². The molecule has 6 nitrogen and oxygen atoms in total. The molecule has 0 fully saturated rings. The highest BCUT2D eigenvalue weighted by atomic mass is 32.2. The van der Waals surface area contributed by atoms with Crippen LogP contribution in [0.2, 0.25) is 0 Å². The van der Waals surface area contributed by atoms with Crippen molar-refractivity contribution in [3.05, 3.63) is 64.9 Å². The standard InChI is InChI=1S/C18H17N5OS2/c1-13(16-20-21-17(24-16)14-6-3-2-4-7-14)26-18-22-19-12-23(18)10-9-15-8-5-11-25-15/h2-8,11-13H,9-10H2,1H3. The highest BCUT2D eigenvalue weighted by Gasteiger charge is 2.19. The van der Waals surface area contributed by atoms with Crippen LogP contribution in [0.1, 0.15) is 22.9 Å². The van der Waals surface area contributed by atoms with Crippen LogP contribution in [0.5, 0.6) is 0 Å². The summed E-state index contributed by atoms with van der Waals surface area (Å²) in [5, 5.41) is 19.6. The Hall–Kier alpha value is -2.45. The van der Waals surface area contributed by atoms with Crippen LogP contribution < -0.4 is 0 Å². The van der Waals surface area contributed by atoms with Gasteiger partial charge in [-0.15, -0.1) is 31.7 Å². The molecule has 3 heterocycles. The minimum absolute atomic E-state index is 0.00958. The van der Waals surface area contributed by atoms with E-state index in [9.17, 15) is 0 Å². The first kappa shape index (κ1) is 17.0. The monoisotopic (exact) mass is 383 g/mol. The maximum Gasteiger partial charge on any atom is 0.247 e. The summed E-state index contributed by atoms with van der Waals surface area (Å²) in [6.07, 6.45) is 2.74. The Bertz CT molecular complexity index is 949. The Morgan fingerprint density at radius 2 is 2.00 bits per heavy atom. The summed E-state index contributed by atoms with van der Waals surface area (Å²) < 4.78 is 7.91. The number of rotatable bonds is 7. The molecule has 0 amide bonds. The van der Waals surface area contributed by atoms with E-state index in [2.05, 4.69) is 42.5 Å². The van der Waals surface area contributed by atoms with E-state index in [0.29, 0.717) is 11.8 Å². The lowest BCUT2D eigenvalue weighted by Crippen LogP contribution is -2.02. The fraction of sp³-hybridized carbons (Fsp3) is 0.222. The molecular formula is C18H17N5OS2. The van der Waals surface area contributed by atoms with E-state index >= 15 is 0 Å². The summed E-state index contributed by atoms with van der Waals surface area (Å²) in [7, 11) is 0. The number of thioether (sulfide) groups is 1. The first-order chi connectivity index (χ1) is 12.8. The second kappa shape index (κ2) is 7.84. The van der Waals surface area contributed by atoms with Gasteiger partial charge >= 0.3 is 0 Å². The lowest BCUT2D eigenvalue weighted by atomic mass is 10.2. The minimum Gasteiger partial charge on any atom is -0.419 e. The third-order valence-corrected chi connectivity index (χ3v) is 5.87. The predicted octanol–water partition coefficient (Wildman–Crippen LogP) is 4.49. The van der Waals surface area contributed by atoms with Gasteiger partial charge in [0.25, 0.3) is 0 Å². The van der Waals surface area contributed by atoms with Gasteiger partial charge in [-0.2, -0.15) is 0 Å².